The topological polar surface area (TPSA) is 71.0 Å². The van der Waals surface area contributed by atoms with E-state index in [2.05, 4.69) is 39.2 Å². The predicted molar refractivity (Wildman–Crippen MR) is 163 cm³/mol. The summed E-state index contributed by atoms with van der Waals surface area (Å²) in [6.45, 7) is 4.76. The molecule has 0 N–H and O–H groups in total. The number of thioether (sulfide) groups is 1. The van der Waals surface area contributed by atoms with Gasteiger partial charge in [0.2, 0.25) is 5.91 Å². The first-order valence-electron chi connectivity index (χ1n) is 13.3. The second-order valence-corrected chi connectivity index (χ2v) is 10.8. The summed E-state index contributed by atoms with van der Waals surface area (Å²) in [5, 5.41) is 0.855. The third kappa shape index (κ3) is 8.61. The lowest BCUT2D eigenvalue weighted by molar-refractivity contribution is -0.130. The van der Waals surface area contributed by atoms with Crippen LogP contribution < -0.4 is 14.4 Å². The molecule has 0 atom stereocenters. The van der Waals surface area contributed by atoms with Crippen molar-refractivity contribution in [2.24, 2.45) is 0 Å². The lowest BCUT2D eigenvalue weighted by Gasteiger charge is -2.34. The molecule has 4 rings (SSSR count). The number of benzene rings is 2. The van der Waals surface area contributed by atoms with E-state index >= 15 is 0 Å². The minimum absolute atomic E-state index is 0.0939. The third-order valence-corrected chi connectivity index (χ3v) is 7.78. The van der Waals surface area contributed by atoms with Crippen LogP contribution in [0.15, 0.2) is 65.8 Å². The second-order valence-electron chi connectivity index (χ2n) is 9.48. The highest BCUT2D eigenvalue weighted by Crippen LogP contribution is 2.28. The molecule has 0 saturated carbocycles. The molecule has 1 aromatic heterocycles. The summed E-state index contributed by atoms with van der Waals surface area (Å²) in [5.41, 5.74) is 2.32. The van der Waals surface area contributed by atoms with Crippen molar-refractivity contribution in [3.63, 3.8) is 0 Å². The van der Waals surface area contributed by atoms with E-state index in [0.29, 0.717) is 27.6 Å². The third-order valence-electron chi connectivity index (χ3n) is 6.76. The Labute approximate surface area is 245 Å². The van der Waals surface area contributed by atoms with Gasteiger partial charge in [0.1, 0.15) is 11.0 Å². The van der Waals surface area contributed by atoms with Gasteiger partial charge < -0.3 is 19.3 Å². The Hall–Kier alpha value is -3.27. The van der Waals surface area contributed by atoms with Gasteiger partial charge in [0.15, 0.2) is 16.7 Å². The van der Waals surface area contributed by atoms with Crippen LogP contribution in [0.2, 0.25) is 5.15 Å². The largest absolute Gasteiger partial charge is 0.493 e. The summed E-state index contributed by atoms with van der Waals surface area (Å²) in [4.78, 5) is 28.2. The minimum atomic E-state index is 0.0939. The molecule has 2 heterocycles. The first kappa shape index (κ1) is 29.7. The zero-order valence-corrected chi connectivity index (χ0v) is 24.8. The van der Waals surface area contributed by atoms with Crippen LogP contribution >= 0.6 is 23.4 Å². The fraction of sp³-hybridized carbons (Fsp3) is 0.367. The number of methoxy groups -OCH3 is 2. The maximum absolute atomic E-state index is 12.9. The van der Waals surface area contributed by atoms with Gasteiger partial charge in [-0.15, -0.1) is 0 Å². The molecule has 8 nitrogen and oxygen atoms in total. The number of nitrogens with zero attached hydrogens (tertiary/aromatic N) is 5. The Morgan fingerprint density at radius 3 is 2.50 bits per heavy atom. The number of carbonyl (C=O) groups excluding carboxylic acids is 1. The zero-order chi connectivity index (χ0) is 28.3. The van der Waals surface area contributed by atoms with Gasteiger partial charge in [-0.2, -0.15) is 0 Å². The maximum Gasteiger partial charge on any atom is 0.233 e. The average molecular weight is 582 g/mol. The molecular weight excluding hydrogens is 546 g/mol. The summed E-state index contributed by atoms with van der Waals surface area (Å²) in [6.07, 6.45) is 5.11. The first-order chi connectivity index (χ1) is 19.4. The standard InChI is InChI=1S/C30H36ClN5O3S/c1-34(15-13-24-11-12-25(38-2)26(20-24)39-3)28-21-27(31)32-30(33-28)40-22-29(37)36-18-16-35(17-19-36)14-7-10-23-8-5-4-6-9-23/h4-12,20-21H,13-19,22H2,1-3H3. The van der Waals surface area contributed by atoms with Crippen molar-refractivity contribution in [3.05, 3.63) is 77.0 Å². The number of carbonyl (C=O) groups is 1. The monoisotopic (exact) mass is 581 g/mol. The van der Waals surface area contributed by atoms with E-state index in [9.17, 15) is 4.79 Å². The number of rotatable bonds is 12. The Morgan fingerprint density at radius 1 is 1.02 bits per heavy atom. The molecule has 3 aromatic rings. The summed E-state index contributed by atoms with van der Waals surface area (Å²) in [6, 6.07) is 17.9. The summed E-state index contributed by atoms with van der Waals surface area (Å²) >= 11 is 7.64. The number of aromatic nitrogens is 2. The summed E-state index contributed by atoms with van der Waals surface area (Å²) in [7, 11) is 5.22. The van der Waals surface area contributed by atoms with Gasteiger partial charge in [0, 0.05) is 52.4 Å². The molecule has 10 heteroatoms. The number of hydrogen-bond acceptors (Lipinski definition) is 8. The summed E-state index contributed by atoms with van der Waals surface area (Å²) in [5.74, 6) is 2.50. The van der Waals surface area contributed by atoms with E-state index in [4.69, 9.17) is 21.1 Å². The van der Waals surface area contributed by atoms with Crippen molar-refractivity contribution in [3.8, 4) is 11.5 Å². The van der Waals surface area contributed by atoms with E-state index < -0.39 is 0 Å². The normalized spacial score (nSPS) is 13.9. The van der Waals surface area contributed by atoms with E-state index in [1.807, 2.05) is 53.2 Å². The molecule has 0 unspecified atom stereocenters. The van der Waals surface area contributed by atoms with Gasteiger partial charge in [-0.1, -0.05) is 71.9 Å². The number of anilines is 1. The lowest BCUT2D eigenvalue weighted by Crippen LogP contribution is -2.49. The smallest absolute Gasteiger partial charge is 0.233 e. The number of likely N-dealkylation sites (N-methyl/N-ethyl adjacent to an activating group) is 1. The Bertz CT molecular complexity index is 1290. The van der Waals surface area contributed by atoms with Crippen molar-refractivity contribution in [1.82, 2.24) is 19.8 Å². The fourth-order valence-corrected chi connectivity index (χ4v) is 5.38. The van der Waals surface area contributed by atoms with Crippen LogP contribution in [0, 0.1) is 0 Å². The van der Waals surface area contributed by atoms with Gasteiger partial charge >= 0.3 is 0 Å². The zero-order valence-electron chi connectivity index (χ0n) is 23.3. The summed E-state index contributed by atoms with van der Waals surface area (Å²) < 4.78 is 10.7. The van der Waals surface area contributed by atoms with E-state index in [-0.39, 0.29) is 11.7 Å². The molecule has 2 aromatic carbocycles. The quantitative estimate of drug-likeness (QED) is 0.172. The number of amides is 1. The van der Waals surface area contributed by atoms with Gasteiger partial charge in [-0.25, -0.2) is 9.97 Å². The highest BCUT2D eigenvalue weighted by molar-refractivity contribution is 7.99. The van der Waals surface area contributed by atoms with Gasteiger partial charge in [-0.3, -0.25) is 9.69 Å². The molecule has 0 spiro atoms. The molecule has 212 valence electrons. The van der Waals surface area contributed by atoms with Crippen LogP contribution in [0.1, 0.15) is 11.1 Å². The first-order valence-corrected chi connectivity index (χ1v) is 14.6. The second kappa shape index (κ2) is 14.9. The molecular formula is C30H36ClN5O3S. The van der Waals surface area contributed by atoms with E-state index in [1.165, 1.54) is 17.3 Å². The minimum Gasteiger partial charge on any atom is -0.493 e. The van der Waals surface area contributed by atoms with E-state index in [1.54, 1.807) is 20.3 Å². The number of piperazine rings is 1. The molecule has 0 bridgehead atoms. The van der Waals surface area contributed by atoms with Crippen molar-refractivity contribution in [2.75, 3.05) is 71.2 Å². The molecule has 1 fully saturated rings. The highest BCUT2D eigenvalue weighted by Gasteiger charge is 2.21. The lowest BCUT2D eigenvalue weighted by atomic mass is 10.1. The Kier molecular flexibility index (Phi) is 11.1. The van der Waals surface area contributed by atoms with Crippen LogP contribution in [0.4, 0.5) is 5.82 Å². The fourth-order valence-electron chi connectivity index (χ4n) is 4.39. The number of hydrogen-bond donors (Lipinski definition) is 0. The van der Waals surface area contributed by atoms with Crippen LogP contribution in [0.5, 0.6) is 11.5 Å². The van der Waals surface area contributed by atoms with Crippen molar-refractivity contribution >= 4 is 41.2 Å². The average Bonchev–Trinajstić information content (AvgIpc) is 2.99. The Balaban J connectivity index is 1.24. The van der Waals surface area contributed by atoms with Gasteiger partial charge in [-0.05, 0) is 29.7 Å². The van der Waals surface area contributed by atoms with Crippen molar-refractivity contribution in [2.45, 2.75) is 11.6 Å². The van der Waals surface area contributed by atoms with Crippen LogP contribution in [-0.2, 0) is 11.2 Å². The molecule has 0 aliphatic carbocycles. The number of halogens is 1. The SMILES string of the molecule is COc1ccc(CCN(C)c2cc(Cl)nc(SCC(=O)N3CCN(CC=Cc4ccccc4)CC3)n2)cc1OC. The van der Waals surface area contributed by atoms with Crippen LogP contribution in [-0.4, -0.2) is 92.0 Å². The Morgan fingerprint density at radius 2 is 1.77 bits per heavy atom. The van der Waals surface area contributed by atoms with Crippen LogP contribution in [0.3, 0.4) is 0 Å². The number of ether oxygens (including phenoxy) is 2. The molecule has 1 aliphatic rings. The van der Waals surface area contributed by atoms with E-state index in [0.717, 1.165) is 51.3 Å². The molecule has 40 heavy (non-hydrogen) atoms. The predicted octanol–water partition coefficient (Wildman–Crippen LogP) is 4.78. The van der Waals surface area contributed by atoms with Crippen LogP contribution in [0.25, 0.3) is 6.08 Å². The highest BCUT2D eigenvalue weighted by atomic mass is 35.5. The molecule has 1 amide bonds. The van der Waals surface area contributed by atoms with Crippen molar-refractivity contribution < 1.29 is 14.3 Å². The molecule has 1 aliphatic heterocycles. The molecule has 1 saturated heterocycles. The van der Waals surface area contributed by atoms with Gasteiger partial charge in [0.05, 0.1) is 20.0 Å². The van der Waals surface area contributed by atoms with Crippen molar-refractivity contribution in [1.29, 1.82) is 0 Å². The van der Waals surface area contributed by atoms with Gasteiger partial charge in [0.25, 0.3) is 0 Å². The maximum atomic E-state index is 12.9. The molecule has 0 radical (unpaired) electrons.